The summed E-state index contributed by atoms with van der Waals surface area (Å²) in [6.45, 7) is 5.63. The topological polar surface area (TPSA) is 12.0 Å². The van der Waals surface area contributed by atoms with Gasteiger partial charge in [-0.05, 0) is 54.9 Å². The molecule has 1 aliphatic rings. The molecule has 18 heavy (non-hydrogen) atoms. The fourth-order valence-corrected chi connectivity index (χ4v) is 3.25. The quantitative estimate of drug-likeness (QED) is 0.821. The Morgan fingerprint density at radius 3 is 2.78 bits per heavy atom. The maximum Gasteiger partial charge on any atom is 0.0410 e. The number of rotatable bonds is 3. The lowest BCUT2D eigenvalue weighted by molar-refractivity contribution is 0.225. The largest absolute Gasteiger partial charge is 0.310 e. The van der Waals surface area contributed by atoms with Gasteiger partial charge < -0.3 is 5.32 Å². The van der Waals surface area contributed by atoms with E-state index in [2.05, 4.69) is 35.1 Å². The van der Waals surface area contributed by atoms with Gasteiger partial charge in [0.2, 0.25) is 0 Å². The molecule has 0 amide bonds. The summed E-state index contributed by atoms with van der Waals surface area (Å²) in [6.07, 6.45) is 3.93. The van der Waals surface area contributed by atoms with Crippen molar-refractivity contribution in [1.82, 2.24) is 5.32 Å². The van der Waals surface area contributed by atoms with E-state index in [-0.39, 0.29) is 0 Å². The standard InChI is InChI=1S/C15H21BrClN/c1-10-3-5-14(7-11(10)2)18-9-12-8-13(17)4-6-15(12)16/h4,6,8,10-11,14,18H,3,5,7,9H2,1-2H3. The highest BCUT2D eigenvalue weighted by atomic mass is 79.9. The number of benzene rings is 1. The molecule has 0 aromatic heterocycles. The second-order valence-corrected chi connectivity index (χ2v) is 6.87. The predicted molar refractivity (Wildman–Crippen MR) is 82.0 cm³/mol. The average molecular weight is 331 g/mol. The Balaban J connectivity index is 1.90. The summed E-state index contributed by atoms with van der Waals surface area (Å²) in [6, 6.07) is 6.62. The van der Waals surface area contributed by atoms with Crippen LogP contribution < -0.4 is 5.32 Å². The summed E-state index contributed by atoms with van der Waals surface area (Å²) in [5, 5.41) is 4.47. The van der Waals surface area contributed by atoms with Gasteiger partial charge in [0, 0.05) is 22.1 Å². The lowest BCUT2D eigenvalue weighted by Crippen LogP contribution is -2.35. The summed E-state index contributed by atoms with van der Waals surface area (Å²) >= 11 is 9.61. The van der Waals surface area contributed by atoms with Crippen molar-refractivity contribution in [2.45, 2.75) is 45.7 Å². The van der Waals surface area contributed by atoms with Crippen molar-refractivity contribution in [3.63, 3.8) is 0 Å². The molecule has 1 N–H and O–H groups in total. The Labute approximate surface area is 123 Å². The molecule has 0 aliphatic heterocycles. The van der Waals surface area contributed by atoms with Crippen LogP contribution in [0.3, 0.4) is 0 Å². The molecular formula is C15H21BrClN. The van der Waals surface area contributed by atoms with Gasteiger partial charge in [0.25, 0.3) is 0 Å². The zero-order chi connectivity index (χ0) is 13.1. The third-order valence-electron chi connectivity index (χ3n) is 4.19. The first-order valence-corrected chi connectivity index (χ1v) is 7.90. The van der Waals surface area contributed by atoms with Crippen LogP contribution in [0.25, 0.3) is 0 Å². The molecule has 0 saturated heterocycles. The molecule has 3 unspecified atom stereocenters. The van der Waals surface area contributed by atoms with Gasteiger partial charge in [-0.2, -0.15) is 0 Å². The van der Waals surface area contributed by atoms with E-state index in [9.17, 15) is 0 Å². The Morgan fingerprint density at radius 2 is 2.06 bits per heavy atom. The van der Waals surface area contributed by atoms with Crippen LogP contribution in [0.15, 0.2) is 22.7 Å². The smallest absolute Gasteiger partial charge is 0.0410 e. The first-order chi connectivity index (χ1) is 8.56. The van der Waals surface area contributed by atoms with Gasteiger partial charge in [0.1, 0.15) is 0 Å². The van der Waals surface area contributed by atoms with E-state index >= 15 is 0 Å². The first kappa shape index (κ1) is 14.4. The van der Waals surface area contributed by atoms with Gasteiger partial charge >= 0.3 is 0 Å². The van der Waals surface area contributed by atoms with Crippen LogP contribution in [0, 0.1) is 11.8 Å². The second kappa shape index (κ2) is 6.40. The zero-order valence-electron chi connectivity index (χ0n) is 11.0. The SMILES string of the molecule is CC1CCC(NCc2cc(Cl)ccc2Br)CC1C. The van der Waals surface area contributed by atoms with Gasteiger partial charge in [-0.25, -0.2) is 0 Å². The van der Waals surface area contributed by atoms with Crippen molar-refractivity contribution in [2.24, 2.45) is 11.8 Å². The highest BCUT2D eigenvalue weighted by molar-refractivity contribution is 9.10. The van der Waals surface area contributed by atoms with Crippen LogP contribution in [0.4, 0.5) is 0 Å². The van der Waals surface area contributed by atoms with Gasteiger partial charge in [0.15, 0.2) is 0 Å². The van der Waals surface area contributed by atoms with E-state index in [0.29, 0.717) is 6.04 Å². The lowest BCUT2D eigenvalue weighted by atomic mass is 9.79. The molecule has 1 aliphatic carbocycles. The average Bonchev–Trinajstić information content (AvgIpc) is 2.34. The molecule has 1 fully saturated rings. The van der Waals surface area contributed by atoms with Crippen molar-refractivity contribution < 1.29 is 0 Å². The van der Waals surface area contributed by atoms with Crippen molar-refractivity contribution in [2.75, 3.05) is 0 Å². The third-order valence-corrected chi connectivity index (χ3v) is 5.20. The van der Waals surface area contributed by atoms with Gasteiger partial charge in [-0.1, -0.05) is 41.4 Å². The Bertz CT molecular complexity index is 407. The molecule has 3 heteroatoms. The summed E-state index contributed by atoms with van der Waals surface area (Å²) in [7, 11) is 0. The van der Waals surface area contributed by atoms with Crippen LogP contribution in [0.5, 0.6) is 0 Å². The molecule has 0 radical (unpaired) electrons. The minimum absolute atomic E-state index is 0.655. The fraction of sp³-hybridized carbons (Fsp3) is 0.600. The van der Waals surface area contributed by atoms with Crippen molar-refractivity contribution in [3.05, 3.63) is 33.3 Å². The molecule has 1 saturated carbocycles. The minimum Gasteiger partial charge on any atom is -0.310 e. The van der Waals surface area contributed by atoms with Crippen molar-refractivity contribution in [1.29, 1.82) is 0 Å². The Hall–Kier alpha value is -0.0500. The molecule has 0 spiro atoms. The summed E-state index contributed by atoms with van der Waals surface area (Å²) in [5.41, 5.74) is 1.24. The maximum atomic E-state index is 6.03. The van der Waals surface area contributed by atoms with Gasteiger partial charge in [-0.3, -0.25) is 0 Å². The summed E-state index contributed by atoms with van der Waals surface area (Å²) in [5.74, 6) is 1.71. The normalized spacial score (nSPS) is 28.3. The summed E-state index contributed by atoms with van der Waals surface area (Å²) in [4.78, 5) is 0. The number of nitrogens with one attached hydrogen (secondary N) is 1. The highest BCUT2D eigenvalue weighted by Gasteiger charge is 2.24. The molecular weight excluding hydrogens is 310 g/mol. The number of hydrogen-bond donors (Lipinski definition) is 1. The zero-order valence-corrected chi connectivity index (χ0v) is 13.4. The maximum absolute atomic E-state index is 6.03. The van der Waals surface area contributed by atoms with Crippen LogP contribution >= 0.6 is 27.5 Å². The summed E-state index contributed by atoms with van der Waals surface area (Å²) < 4.78 is 1.14. The van der Waals surface area contributed by atoms with E-state index in [4.69, 9.17) is 11.6 Å². The highest BCUT2D eigenvalue weighted by Crippen LogP contribution is 2.29. The van der Waals surface area contributed by atoms with E-state index in [1.807, 2.05) is 18.2 Å². The van der Waals surface area contributed by atoms with Crippen LogP contribution in [0.1, 0.15) is 38.7 Å². The third kappa shape index (κ3) is 3.72. The van der Waals surface area contributed by atoms with Crippen LogP contribution in [0.2, 0.25) is 5.02 Å². The van der Waals surface area contributed by atoms with E-state index in [1.54, 1.807) is 0 Å². The molecule has 0 heterocycles. The monoisotopic (exact) mass is 329 g/mol. The van der Waals surface area contributed by atoms with Gasteiger partial charge in [-0.15, -0.1) is 0 Å². The molecule has 100 valence electrons. The fourth-order valence-electron chi connectivity index (χ4n) is 2.67. The Kier molecular flexibility index (Phi) is 5.11. The van der Waals surface area contributed by atoms with Crippen molar-refractivity contribution >= 4 is 27.5 Å². The predicted octanol–water partition coefficient (Wildman–Crippen LogP) is 5.02. The minimum atomic E-state index is 0.655. The van der Waals surface area contributed by atoms with E-state index in [0.717, 1.165) is 27.9 Å². The molecule has 2 rings (SSSR count). The first-order valence-electron chi connectivity index (χ1n) is 6.73. The van der Waals surface area contributed by atoms with E-state index in [1.165, 1.54) is 24.8 Å². The molecule has 1 nitrogen and oxygen atoms in total. The second-order valence-electron chi connectivity index (χ2n) is 5.58. The van der Waals surface area contributed by atoms with Crippen LogP contribution in [-0.4, -0.2) is 6.04 Å². The molecule has 1 aromatic carbocycles. The number of hydrogen-bond acceptors (Lipinski definition) is 1. The van der Waals surface area contributed by atoms with Crippen LogP contribution in [-0.2, 0) is 6.54 Å². The molecule has 3 atom stereocenters. The molecule has 0 bridgehead atoms. The Morgan fingerprint density at radius 1 is 1.28 bits per heavy atom. The molecule has 1 aromatic rings. The van der Waals surface area contributed by atoms with Crippen molar-refractivity contribution in [3.8, 4) is 0 Å². The van der Waals surface area contributed by atoms with Gasteiger partial charge in [0.05, 0.1) is 0 Å². The number of halogens is 2. The van der Waals surface area contributed by atoms with E-state index < -0.39 is 0 Å². The lowest BCUT2D eigenvalue weighted by Gasteiger charge is -2.32.